The summed E-state index contributed by atoms with van der Waals surface area (Å²) in [5.74, 6) is 0.0229. The molecule has 0 aromatic carbocycles. The fourth-order valence-corrected chi connectivity index (χ4v) is 2.49. The fraction of sp³-hybridized carbons (Fsp3) is 0.692. The lowest BCUT2D eigenvalue weighted by atomic mass is 10.2. The molecular formula is C13H22N6O2. The van der Waals surface area contributed by atoms with Crippen molar-refractivity contribution in [2.24, 2.45) is 5.73 Å². The molecule has 2 rings (SSSR count). The molecule has 116 valence electrons. The van der Waals surface area contributed by atoms with Crippen LogP contribution < -0.4 is 21.1 Å². The van der Waals surface area contributed by atoms with E-state index in [0.717, 1.165) is 32.1 Å². The van der Waals surface area contributed by atoms with Crippen LogP contribution in [0.4, 0.5) is 11.9 Å². The first kappa shape index (κ1) is 15.3. The Bertz CT molecular complexity index is 490. The Morgan fingerprint density at radius 2 is 2.05 bits per heavy atom. The lowest BCUT2D eigenvalue weighted by molar-refractivity contribution is -0.116. The van der Waals surface area contributed by atoms with Crippen molar-refractivity contribution in [1.82, 2.24) is 15.0 Å². The summed E-state index contributed by atoms with van der Waals surface area (Å²) in [6.07, 6.45) is 5.07. The Balaban J connectivity index is 2.24. The fourth-order valence-electron chi connectivity index (χ4n) is 2.49. The Morgan fingerprint density at radius 1 is 1.33 bits per heavy atom. The highest BCUT2D eigenvalue weighted by Gasteiger charge is 2.26. The van der Waals surface area contributed by atoms with Gasteiger partial charge in [-0.2, -0.15) is 15.0 Å². The van der Waals surface area contributed by atoms with Gasteiger partial charge in [0.05, 0.1) is 13.2 Å². The molecule has 0 spiro atoms. The average Bonchev–Trinajstić information content (AvgIpc) is 2.95. The molecule has 0 atom stereocenters. The number of rotatable bonds is 7. The summed E-state index contributed by atoms with van der Waals surface area (Å²) in [6, 6.07) is 0.394. The number of nitrogens with zero attached hydrogens (tertiary/aromatic N) is 4. The van der Waals surface area contributed by atoms with Gasteiger partial charge in [-0.25, -0.2) is 0 Å². The molecule has 1 saturated carbocycles. The lowest BCUT2D eigenvalue weighted by Gasteiger charge is -2.27. The summed E-state index contributed by atoms with van der Waals surface area (Å²) in [6.45, 7) is 2.56. The Hall–Kier alpha value is -2.12. The van der Waals surface area contributed by atoms with Crippen molar-refractivity contribution >= 4 is 17.8 Å². The van der Waals surface area contributed by atoms with Gasteiger partial charge in [-0.1, -0.05) is 19.8 Å². The number of hydrogen-bond donors (Lipinski definition) is 2. The largest absolute Gasteiger partial charge is 0.463 e. The van der Waals surface area contributed by atoms with Crippen molar-refractivity contribution in [3.8, 4) is 6.01 Å². The molecule has 0 saturated heterocycles. The zero-order valence-electron chi connectivity index (χ0n) is 12.3. The summed E-state index contributed by atoms with van der Waals surface area (Å²) in [5.41, 5.74) is 11.1. The van der Waals surface area contributed by atoms with E-state index in [-0.39, 0.29) is 24.5 Å². The molecule has 1 aliphatic rings. The van der Waals surface area contributed by atoms with Crippen LogP contribution in [0.1, 0.15) is 39.0 Å². The summed E-state index contributed by atoms with van der Waals surface area (Å²) in [5, 5.41) is 0. The first-order valence-electron chi connectivity index (χ1n) is 7.29. The van der Waals surface area contributed by atoms with Crippen molar-refractivity contribution < 1.29 is 9.53 Å². The van der Waals surface area contributed by atoms with Crippen LogP contribution in [0, 0.1) is 0 Å². The van der Waals surface area contributed by atoms with Crippen LogP contribution >= 0.6 is 0 Å². The van der Waals surface area contributed by atoms with E-state index in [0.29, 0.717) is 12.6 Å². The van der Waals surface area contributed by atoms with E-state index >= 15 is 0 Å². The van der Waals surface area contributed by atoms with E-state index < -0.39 is 5.91 Å². The topological polar surface area (TPSA) is 120 Å². The number of hydrogen-bond acceptors (Lipinski definition) is 7. The standard InChI is InChI=1S/C13H22N6O2/c1-2-7-21-13-17-11(15)16-12(18-13)19(8-10(14)20)9-5-3-4-6-9/h9H,2-8H2,1H3,(H2,14,20)(H2,15,16,17,18). The number of nitrogens with two attached hydrogens (primary N) is 2. The van der Waals surface area contributed by atoms with E-state index in [1.807, 2.05) is 11.8 Å². The Morgan fingerprint density at radius 3 is 2.67 bits per heavy atom. The quantitative estimate of drug-likeness (QED) is 0.750. The predicted octanol–water partition coefficient (Wildman–Crippen LogP) is 0.477. The minimum atomic E-state index is -0.420. The summed E-state index contributed by atoms with van der Waals surface area (Å²) in [7, 11) is 0. The van der Waals surface area contributed by atoms with Crippen molar-refractivity contribution in [2.75, 3.05) is 23.8 Å². The third-order valence-corrected chi connectivity index (χ3v) is 3.40. The van der Waals surface area contributed by atoms with Crippen LogP contribution in [0.15, 0.2) is 0 Å². The van der Waals surface area contributed by atoms with Gasteiger partial charge >= 0.3 is 6.01 Å². The van der Waals surface area contributed by atoms with Gasteiger partial charge in [0.2, 0.25) is 17.8 Å². The van der Waals surface area contributed by atoms with E-state index in [9.17, 15) is 4.79 Å². The third-order valence-electron chi connectivity index (χ3n) is 3.40. The molecular weight excluding hydrogens is 272 g/mol. The van der Waals surface area contributed by atoms with Gasteiger partial charge in [0.1, 0.15) is 0 Å². The number of aromatic nitrogens is 3. The number of nitrogen functional groups attached to an aromatic ring is 1. The van der Waals surface area contributed by atoms with Gasteiger partial charge in [0.15, 0.2) is 0 Å². The van der Waals surface area contributed by atoms with Crippen LogP contribution in [0.5, 0.6) is 6.01 Å². The summed E-state index contributed by atoms with van der Waals surface area (Å²) < 4.78 is 5.41. The minimum absolute atomic E-state index is 0.0708. The van der Waals surface area contributed by atoms with E-state index in [1.54, 1.807) is 0 Å². The van der Waals surface area contributed by atoms with Crippen LogP contribution in [-0.2, 0) is 4.79 Å². The van der Waals surface area contributed by atoms with Crippen molar-refractivity contribution in [1.29, 1.82) is 0 Å². The SMILES string of the molecule is CCCOc1nc(N)nc(N(CC(N)=O)C2CCCC2)n1. The second kappa shape index (κ2) is 7.05. The normalized spacial score (nSPS) is 15.1. The lowest BCUT2D eigenvalue weighted by Crippen LogP contribution is -2.41. The van der Waals surface area contributed by atoms with Gasteiger partial charge < -0.3 is 21.1 Å². The second-order valence-corrected chi connectivity index (χ2v) is 5.16. The van der Waals surface area contributed by atoms with E-state index in [4.69, 9.17) is 16.2 Å². The molecule has 1 aromatic heterocycles. The highest BCUT2D eigenvalue weighted by molar-refractivity contribution is 5.79. The maximum atomic E-state index is 11.3. The molecule has 8 heteroatoms. The molecule has 21 heavy (non-hydrogen) atoms. The summed E-state index contributed by atoms with van der Waals surface area (Å²) in [4.78, 5) is 25.5. The maximum absolute atomic E-state index is 11.3. The molecule has 4 N–H and O–H groups in total. The van der Waals surface area contributed by atoms with Gasteiger partial charge in [-0.05, 0) is 19.3 Å². The Kier molecular flexibility index (Phi) is 5.13. The minimum Gasteiger partial charge on any atom is -0.463 e. The molecule has 0 radical (unpaired) electrons. The molecule has 1 amide bonds. The van der Waals surface area contributed by atoms with Gasteiger partial charge in [-0.15, -0.1) is 0 Å². The van der Waals surface area contributed by atoms with E-state index in [1.165, 1.54) is 0 Å². The first-order valence-corrected chi connectivity index (χ1v) is 7.29. The Labute approximate surface area is 123 Å². The van der Waals surface area contributed by atoms with Crippen molar-refractivity contribution in [2.45, 2.75) is 45.1 Å². The van der Waals surface area contributed by atoms with Gasteiger partial charge in [0, 0.05) is 6.04 Å². The molecule has 1 aliphatic carbocycles. The number of anilines is 2. The van der Waals surface area contributed by atoms with Crippen molar-refractivity contribution in [3.05, 3.63) is 0 Å². The molecule has 1 heterocycles. The smallest absolute Gasteiger partial charge is 0.323 e. The zero-order valence-corrected chi connectivity index (χ0v) is 12.3. The number of ether oxygens (including phenoxy) is 1. The number of carbonyl (C=O) groups excluding carboxylic acids is 1. The molecule has 0 unspecified atom stereocenters. The van der Waals surface area contributed by atoms with Crippen molar-refractivity contribution in [3.63, 3.8) is 0 Å². The molecule has 1 aromatic rings. The number of primary amides is 1. The third kappa shape index (κ3) is 4.17. The molecule has 0 bridgehead atoms. The van der Waals surface area contributed by atoms with Crippen LogP contribution in [0.3, 0.4) is 0 Å². The van der Waals surface area contributed by atoms with Crippen LogP contribution in [0.2, 0.25) is 0 Å². The zero-order chi connectivity index (χ0) is 15.2. The molecule has 1 fully saturated rings. The maximum Gasteiger partial charge on any atom is 0.323 e. The predicted molar refractivity (Wildman–Crippen MR) is 78.8 cm³/mol. The number of amides is 1. The van der Waals surface area contributed by atoms with E-state index in [2.05, 4.69) is 15.0 Å². The monoisotopic (exact) mass is 294 g/mol. The molecule has 8 nitrogen and oxygen atoms in total. The average molecular weight is 294 g/mol. The highest BCUT2D eigenvalue weighted by atomic mass is 16.5. The van der Waals surface area contributed by atoms with Crippen LogP contribution in [0.25, 0.3) is 0 Å². The highest BCUT2D eigenvalue weighted by Crippen LogP contribution is 2.27. The molecule has 0 aliphatic heterocycles. The van der Waals surface area contributed by atoms with Gasteiger partial charge in [-0.3, -0.25) is 4.79 Å². The summed E-state index contributed by atoms with van der Waals surface area (Å²) >= 11 is 0. The first-order chi connectivity index (χ1) is 10.1. The number of carbonyl (C=O) groups is 1. The second-order valence-electron chi connectivity index (χ2n) is 5.16. The van der Waals surface area contributed by atoms with Gasteiger partial charge in [0.25, 0.3) is 0 Å². The van der Waals surface area contributed by atoms with Crippen LogP contribution in [-0.4, -0.2) is 40.1 Å².